The molecule has 0 aliphatic carbocycles. The number of H-pyrrole nitrogens is 1. The summed E-state index contributed by atoms with van der Waals surface area (Å²) in [5, 5.41) is 1.00. The highest BCUT2D eigenvalue weighted by Gasteiger charge is 2.19. The summed E-state index contributed by atoms with van der Waals surface area (Å²) in [5.74, 6) is 0.733. The summed E-state index contributed by atoms with van der Waals surface area (Å²) in [6.07, 6.45) is 0. The molecule has 1 aromatic heterocycles. The van der Waals surface area contributed by atoms with Crippen LogP contribution in [0.4, 0.5) is 5.69 Å². The van der Waals surface area contributed by atoms with Gasteiger partial charge in [-0.2, -0.15) is 0 Å². The monoisotopic (exact) mass is 453 g/mol. The van der Waals surface area contributed by atoms with Crippen LogP contribution >= 0.6 is 0 Å². The molecule has 1 aliphatic rings. The van der Waals surface area contributed by atoms with Crippen LogP contribution in [-0.4, -0.2) is 49.2 Å². The lowest BCUT2D eigenvalue weighted by molar-refractivity contribution is 0.209. The van der Waals surface area contributed by atoms with E-state index in [0.29, 0.717) is 11.6 Å². The molecule has 0 amide bonds. The van der Waals surface area contributed by atoms with E-state index >= 15 is 0 Å². The van der Waals surface area contributed by atoms with E-state index in [1.165, 1.54) is 11.3 Å². The molecule has 0 atom stereocenters. The molecule has 2 heterocycles. The van der Waals surface area contributed by atoms with Gasteiger partial charge in [-0.15, -0.1) is 0 Å². The molecule has 0 spiro atoms. The van der Waals surface area contributed by atoms with E-state index in [1.54, 1.807) is 7.11 Å². The smallest absolute Gasteiger partial charge is 0.256 e. The number of pyridine rings is 1. The second-order valence-corrected chi connectivity index (χ2v) is 9.21. The summed E-state index contributed by atoms with van der Waals surface area (Å²) in [6, 6.07) is 25.2. The maximum atomic E-state index is 12.7. The van der Waals surface area contributed by atoms with Crippen LogP contribution < -0.4 is 15.2 Å². The molecule has 0 unspecified atom stereocenters. The number of ether oxygens (including phenoxy) is 1. The molecule has 0 saturated carbocycles. The molecular weight excluding hydrogens is 422 g/mol. The van der Waals surface area contributed by atoms with Gasteiger partial charge in [0.15, 0.2) is 0 Å². The predicted octanol–water partition coefficient (Wildman–Crippen LogP) is 5.40. The molecule has 4 aromatic rings. The molecule has 5 nitrogen and oxygen atoms in total. The van der Waals surface area contributed by atoms with Gasteiger partial charge in [-0.25, -0.2) is 0 Å². The zero-order valence-corrected chi connectivity index (χ0v) is 20.0. The molecule has 34 heavy (non-hydrogen) atoms. The van der Waals surface area contributed by atoms with Gasteiger partial charge in [-0.3, -0.25) is 9.69 Å². The third-order valence-corrected chi connectivity index (χ3v) is 6.84. The zero-order valence-electron chi connectivity index (χ0n) is 20.0. The Morgan fingerprint density at radius 2 is 1.56 bits per heavy atom. The van der Waals surface area contributed by atoms with Crippen LogP contribution in [0, 0.1) is 0 Å². The minimum Gasteiger partial charge on any atom is -0.497 e. The maximum Gasteiger partial charge on any atom is 0.256 e. The number of nitrogens with zero attached hydrogens (tertiary/aromatic N) is 2. The van der Waals surface area contributed by atoms with Gasteiger partial charge in [-0.05, 0) is 78.4 Å². The average molecular weight is 454 g/mol. The van der Waals surface area contributed by atoms with E-state index in [-0.39, 0.29) is 5.56 Å². The summed E-state index contributed by atoms with van der Waals surface area (Å²) in [4.78, 5) is 20.8. The highest BCUT2D eigenvalue weighted by Crippen LogP contribution is 2.28. The van der Waals surface area contributed by atoms with Gasteiger partial charge < -0.3 is 14.6 Å². The summed E-state index contributed by atoms with van der Waals surface area (Å²) in [5.41, 5.74) is 5.79. The Morgan fingerprint density at radius 1 is 0.824 bits per heavy atom. The number of nitrogens with one attached hydrogen (secondary N) is 1. The predicted molar refractivity (Wildman–Crippen MR) is 141 cm³/mol. The summed E-state index contributed by atoms with van der Waals surface area (Å²) >= 11 is 0. The van der Waals surface area contributed by atoms with Crippen LogP contribution in [0.15, 0.2) is 77.6 Å². The molecule has 1 fully saturated rings. The van der Waals surface area contributed by atoms with Gasteiger partial charge >= 0.3 is 0 Å². The first-order valence-electron chi connectivity index (χ1n) is 11.9. The maximum absolute atomic E-state index is 12.7. The Bertz CT molecular complexity index is 1350. The summed E-state index contributed by atoms with van der Waals surface area (Å²) in [7, 11) is 1.63. The van der Waals surface area contributed by atoms with Crippen molar-refractivity contribution < 1.29 is 4.74 Å². The van der Waals surface area contributed by atoms with Crippen molar-refractivity contribution in [2.75, 3.05) is 38.2 Å². The fourth-order valence-corrected chi connectivity index (χ4v) is 4.75. The normalized spacial score (nSPS) is 14.6. The number of hydrogen-bond donors (Lipinski definition) is 1. The minimum atomic E-state index is -0.101. The van der Waals surface area contributed by atoms with Gasteiger partial charge in [0.05, 0.1) is 7.11 Å². The van der Waals surface area contributed by atoms with Crippen LogP contribution in [0.25, 0.3) is 33.2 Å². The first-order valence-corrected chi connectivity index (χ1v) is 11.9. The lowest BCUT2D eigenvalue weighted by Gasteiger charge is -2.38. The number of benzene rings is 3. The van der Waals surface area contributed by atoms with Crippen molar-refractivity contribution in [1.82, 2.24) is 9.88 Å². The Balaban J connectivity index is 1.42. The molecule has 1 aliphatic heterocycles. The molecule has 0 bridgehead atoms. The van der Waals surface area contributed by atoms with Gasteiger partial charge in [-0.1, -0.05) is 30.3 Å². The van der Waals surface area contributed by atoms with E-state index in [9.17, 15) is 4.79 Å². The van der Waals surface area contributed by atoms with E-state index in [4.69, 9.17) is 4.74 Å². The second-order valence-electron chi connectivity index (χ2n) is 9.21. The van der Waals surface area contributed by atoms with E-state index < -0.39 is 0 Å². The highest BCUT2D eigenvalue weighted by atomic mass is 16.5. The SMILES string of the molecule is COc1cccc(-c2cc3cc(-c4ccc(N5CCN(C(C)C)CC5)cc4)ccc3[nH]c2=O)c1. The number of fused-ring (bicyclic) bond motifs is 1. The molecule has 1 saturated heterocycles. The fourth-order valence-electron chi connectivity index (χ4n) is 4.75. The van der Waals surface area contributed by atoms with E-state index in [2.05, 4.69) is 65.0 Å². The highest BCUT2D eigenvalue weighted by molar-refractivity contribution is 5.88. The van der Waals surface area contributed by atoms with Crippen molar-refractivity contribution >= 4 is 16.6 Å². The van der Waals surface area contributed by atoms with Crippen LogP contribution in [0.2, 0.25) is 0 Å². The number of anilines is 1. The first kappa shape index (κ1) is 22.2. The number of aromatic nitrogens is 1. The minimum absolute atomic E-state index is 0.101. The molecule has 5 rings (SSSR count). The lowest BCUT2D eigenvalue weighted by Crippen LogP contribution is -2.48. The fraction of sp³-hybridized carbons (Fsp3) is 0.276. The molecule has 174 valence electrons. The third kappa shape index (κ3) is 4.44. The van der Waals surface area contributed by atoms with Crippen molar-refractivity contribution in [2.45, 2.75) is 19.9 Å². The Hall–Kier alpha value is -3.57. The first-order chi connectivity index (χ1) is 16.5. The number of hydrogen-bond acceptors (Lipinski definition) is 4. The van der Waals surface area contributed by atoms with Crippen LogP contribution in [0.5, 0.6) is 5.75 Å². The summed E-state index contributed by atoms with van der Waals surface area (Å²) in [6.45, 7) is 8.88. The number of piperazine rings is 1. The largest absolute Gasteiger partial charge is 0.497 e. The van der Waals surface area contributed by atoms with Crippen molar-refractivity contribution in [3.05, 3.63) is 83.2 Å². The molecular formula is C29H31N3O2. The standard InChI is InChI=1S/C29H31N3O2/c1-20(2)31-13-15-32(16-14-31)25-10-7-21(8-11-25)22-9-12-28-24(17-22)19-27(29(33)30-28)23-5-4-6-26(18-23)34-3/h4-12,17-20H,13-16H2,1-3H3,(H,30,33). The van der Waals surface area contributed by atoms with Gasteiger partial charge in [0.2, 0.25) is 0 Å². The van der Waals surface area contributed by atoms with Gasteiger partial charge in [0, 0.05) is 49.0 Å². The van der Waals surface area contributed by atoms with E-state index in [0.717, 1.165) is 54.0 Å². The quantitative estimate of drug-likeness (QED) is 0.440. The average Bonchev–Trinajstić information content (AvgIpc) is 2.88. The lowest BCUT2D eigenvalue weighted by atomic mass is 10.0. The number of aromatic amines is 1. The molecule has 0 radical (unpaired) electrons. The Kier molecular flexibility index (Phi) is 6.12. The van der Waals surface area contributed by atoms with Crippen LogP contribution in [0.1, 0.15) is 13.8 Å². The van der Waals surface area contributed by atoms with E-state index in [1.807, 2.05) is 36.4 Å². The summed E-state index contributed by atoms with van der Waals surface area (Å²) < 4.78 is 5.33. The molecule has 1 N–H and O–H groups in total. The van der Waals surface area contributed by atoms with Crippen molar-refractivity contribution in [3.8, 4) is 28.0 Å². The Morgan fingerprint density at radius 3 is 2.26 bits per heavy atom. The van der Waals surface area contributed by atoms with Crippen LogP contribution in [0.3, 0.4) is 0 Å². The molecule has 3 aromatic carbocycles. The third-order valence-electron chi connectivity index (χ3n) is 6.84. The van der Waals surface area contributed by atoms with Gasteiger partial charge in [0.25, 0.3) is 5.56 Å². The molecule has 5 heteroatoms. The van der Waals surface area contributed by atoms with Crippen LogP contribution in [-0.2, 0) is 0 Å². The van der Waals surface area contributed by atoms with Gasteiger partial charge in [0.1, 0.15) is 5.75 Å². The topological polar surface area (TPSA) is 48.6 Å². The van der Waals surface area contributed by atoms with Crippen molar-refractivity contribution in [2.24, 2.45) is 0 Å². The number of rotatable bonds is 5. The Labute approximate surface area is 200 Å². The second kappa shape index (κ2) is 9.35. The van der Waals surface area contributed by atoms with Crippen molar-refractivity contribution in [1.29, 1.82) is 0 Å². The zero-order chi connectivity index (χ0) is 23.7. The van der Waals surface area contributed by atoms with Crippen molar-refractivity contribution in [3.63, 3.8) is 0 Å². The number of methoxy groups -OCH3 is 1.